The monoisotopic (exact) mass is 397 g/mol. The number of aromatic nitrogens is 4. The van der Waals surface area contributed by atoms with E-state index >= 15 is 0 Å². The van der Waals surface area contributed by atoms with Gasteiger partial charge in [-0.25, -0.2) is 0 Å². The fourth-order valence-electron chi connectivity index (χ4n) is 2.54. The third-order valence-electron chi connectivity index (χ3n) is 4.25. The summed E-state index contributed by atoms with van der Waals surface area (Å²) in [7, 11) is 1.62. The molecule has 1 heterocycles. The van der Waals surface area contributed by atoms with Crippen molar-refractivity contribution in [1.29, 1.82) is 0 Å². The van der Waals surface area contributed by atoms with Crippen LogP contribution in [0.4, 0.5) is 5.69 Å². The number of benzene rings is 2. The first-order valence-corrected chi connectivity index (χ1v) is 9.86. The fraction of sp³-hybridized carbons (Fsp3) is 0.300. The van der Waals surface area contributed by atoms with Crippen LogP contribution < -0.4 is 10.1 Å². The van der Waals surface area contributed by atoms with Crippen LogP contribution in [0.3, 0.4) is 0 Å². The average molecular weight is 398 g/mol. The van der Waals surface area contributed by atoms with Crippen molar-refractivity contribution in [3.8, 4) is 11.4 Å². The summed E-state index contributed by atoms with van der Waals surface area (Å²) < 4.78 is 6.77. The predicted octanol–water partition coefficient (Wildman–Crippen LogP) is 3.91. The Bertz CT molecular complexity index is 923. The first-order chi connectivity index (χ1) is 13.5. The van der Waals surface area contributed by atoms with Gasteiger partial charge in [-0.15, -0.1) is 5.10 Å². The summed E-state index contributed by atoms with van der Waals surface area (Å²) in [5, 5.41) is 14.9. The minimum atomic E-state index is -0.368. The Labute approximate surface area is 168 Å². The van der Waals surface area contributed by atoms with E-state index < -0.39 is 0 Å². The highest BCUT2D eigenvalue weighted by molar-refractivity contribution is 8.00. The molecule has 1 aromatic heterocycles. The standard InChI is InChI=1S/C20H23N5O2S/c1-13(2)15-5-7-16(8-6-15)21-19(26)14(3)28-20-22-23-24-25(20)17-9-11-18(27-4)12-10-17/h5-14H,1-4H3,(H,21,26). The highest BCUT2D eigenvalue weighted by Crippen LogP contribution is 2.25. The molecule has 2 aromatic carbocycles. The Morgan fingerprint density at radius 3 is 2.36 bits per heavy atom. The lowest BCUT2D eigenvalue weighted by molar-refractivity contribution is -0.115. The quantitative estimate of drug-likeness (QED) is 0.609. The smallest absolute Gasteiger partial charge is 0.237 e. The molecule has 0 aliphatic heterocycles. The maximum Gasteiger partial charge on any atom is 0.237 e. The summed E-state index contributed by atoms with van der Waals surface area (Å²) in [4.78, 5) is 12.6. The minimum absolute atomic E-state index is 0.105. The fourth-order valence-corrected chi connectivity index (χ4v) is 3.35. The number of hydrogen-bond acceptors (Lipinski definition) is 6. The van der Waals surface area contributed by atoms with Crippen LogP contribution >= 0.6 is 11.8 Å². The number of carbonyl (C=O) groups is 1. The van der Waals surface area contributed by atoms with Crippen molar-refractivity contribution in [3.63, 3.8) is 0 Å². The molecule has 0 radical (unpaired) electrons. The van der Waals surface area contributed by atoms with Crippen LogP contribution in [0.15, 0.2) is 53.7 Å². The number of thioether (sulfide) groups is 1. The molecule has 3 rings (SSSR count). The lowest BCUT2D eigenvalue weighted by Gasteiger charge is -2.13. The Morgan fingerprint density at radius 2 is 1.75 bits per heavy atom. The van der Waals surface area contributed by atoms with Gasteiger partial charge in [0.2, 0.25) is 11.1 Å². The number of anilines is 1. The second kappa shape index (κ2) is 8.88. The maximum absolute atomic E-state index is 12.6. The van der Waals surface area contributed by atoms with Gasteiger partial charge < -0.3 is 10.1 Å². The van der Waals surface area contributed by atoms with E-state index in [9.17, 15) is 4.79 Å². The van der Waals surface area contributed by atoms with E-state index in [0.29, 0.717) is 11.1 Å². The number of amides is 1. The number of rotatable bonds is 7. The zero-order valence-corrected chi connectivity index (χ0v) is 17.1. The van der Waals surface area contributed by atoms with Gasteiger partial charge in [0, 0.05) is 5.69 Å². The third-order valence-corrected chi connectivity index (χ3v) is 5.29. The van der Waals surface area contributed by atoms with Gasteiger partial charge in [-0.05, 0) is 65.2 Å². The van der Waals surface area contributed by atoms with Crippen LogP contribution in [0.25, 0.3) is 5.69 Å². The van der Waals surface area contributed by atoms with E-state index in [2.05, 4.69) is 34.7 Å². The molecule has 0 fully saturated rings. The summed E-state index contributed by atoms with van der Waals surface area (Å²) >= 11 is 1.30. The van der Waals surface area contributed by atoms with Crippen molar-refractivity contribution in [2.24, 2.45) is 0 Å². The molecule has 0 aliphatic rings. The molecule has 1 atom stereocenters. The van der Waals surface area contributed by atoms with Crippen LogP contribution in [0.1, 0.15) is 32.3 Å². The largest absolute Gasteiger partial charge is 0.497 e. The first kappa shape index (κ1) is 19.9. The summed E-state index contributed by atoms with van der Waals surface area (Å²) in [5.41, 5.74) is 2.81. The van der Waals surface area contributed by atoms with Gasteiger partial charge in [0.1, 0.15) is 5.75 Å². The minimum Gasteiger partial charge on any atom is -0.497 e. The van der Waals surface area contributed by atoms with Gasteiger partial charge in [0.05, 0.1) is 18.0 Å². The van der Waals surface area contributed by atoms with Crippen LogP contribution in [-0.2, 0) is 4.79 Å². The molecule has 28 heavy (non-hydrogen) atoms. The van der Waals surface area contributed by atoms with Crippen LogP contribution in [-0.4, -0.2) is 38.5 Å². The number of carbonyl (C=O) groups excluding carboxylic acids is 1. The molecule has 146 valence electrons. The first-order valence-electron chi connectivity index (χ1n) is 8.98. The molecule has 7 nitrogen and oxygen atoms in total. The topological polar surface area (TPSA) is 81.9 Å². The van der Waals surface area contributed by atoms with Crippen LogP contribution in [0.2, 0.25) is 0 Å². The Morgan fingerprint density at radius 1 is 1.07 bits per heavy atom. The Kier molecular flexibility index (Phi) is 6.30. The summed E-state index contributed by atoms with van der Waals surface area (Å²) in [6.07, 6.45) is 0. The number of nitrogens with zero attached hydrogens (tertiary/aromatic N) is 4. The second-order valence-electron chi connectivity index (χ2n) is 6.60. The molecular formula is C20H23N5O2S. The normalized spacial score (nSPS) is 12.0. The molecule has 8 heteroatoms. The molecule has 0 saturated heterocycles. The van der Waals surface area contributed by atoms with Gasteiger partial charge in [-0.3, -0.25) is 4.79 Å². The highest BCUT2D eigenvalue weighted by atomic mass is 32.2. The molecular weight excluding hydrogens is 374 g/mol. The van der Waals surface area contributed by atoms with Gasteiger partial charge in [0.25, 0.3) is 0 Å². The van der Waals surface area contributed by atoms with Crippen LogP contribution in [0, 0.1) is 0 Å². The van der Waals surface area contributed by atoms with E-state index in [1.165, 1.54) is 17.3 Å². The molecule has 0 spiro atoms. The van der Waals surface area contributed by atoms with Crippen LogP contribution in [0.5, 0.6) is 5.75 Å². The lowest BCUT2D eigenvalue weighted by Crippen LogP contribution is -2.23. The molecule has 0 saturated carbocycles. The van der Waals surface area contributed by atoms with Gasteiger partial charge in [-0.1, -0.05) is 37.7 Å². The van der Waals surface area contributed by atoms with E-state index in [0.717, 1.165) is 17.1 Å². The second-order valence-corrected chi connectivity index (χ2v) is 7.91. The SMILES string of the molecule is COc1ccc(-n2nnnc2SC(C)C(=O)Nc2ccc(C(C)C)cc2)cc1. The summed E-state index contributed by atoms with van der Waals surface area (Å²) in [6, 6.07) is 15.3. The Hall–Kier alpha value is -2.87. The molecule has 0 bridgehead atoms. The van der Waals surface area contributed by atoms with Crippen molar-refractivity contribution < 1.29 is 9.53 Å². The van der Waals surface area contributed by atoms with Crippen molar-refractivity contribution in [3.05, 3.63) is 54.1 Å². The van der Waals surface area contributed by atoms with E-state index in [4.69, 9.17) is 4.74 Å². The van der Waals surface area contributed by atoms with Crippen molar-refractivity contribution in [2.75, 3.05) is 12.4 Å². The van der Waals surface area contributed by atoms with E-state index in [-0.39, 0.29) is 11.2 Å². The summed E-state index contributed by atoms with van der Waals surface area (Å²) in [6.45, 7) is 6.11. The van der Waals surface area contributed by atoms with Crippen molar-refractivity contribution in [1.82, 2.24) is 20.2 Å². The molecule has 1 N–H and O–H groups in total. The number of ether oxygens (including phenoxy) is 1. The molecule has 1 amide bonds. The zero-order valence-electron chi connectivity index (χ0n) is 16.3. The molecule has 1 unspecified atom stereocenters. The van der Waals surface area contributed by atoms with Gasteiger partial charge in [-0.2, -0.15) is 4.68 Å². The zero-order chi connectivity index (χ0) is 20.1. The maximum atomic E-state index is 12.6. The predicted molar refractivity (Wildman–Crippen MR) is 110 cm³/mol. The number of nitrogens with one attached hydrogen (secondary N) is 1. The molecule has 0 aliphatic carbocycles. The number of hydrogen-bond donors (Lipinski definition) is 1. The van der Waals surface area contributed by atoms with Crippen molar-refractivity contribution >= 4 is 23.4 Å². The Balaban J connectivity index is 1.66. The average Bonchev–Trinajstić information content (AvgIpc) is 3.16. The van der Waals surface area contributed by atoms with E-state index in [1.54, 1.807) is 11.8 Å². The van der Waals surface area contributed by atoms with Gasteiger partial charge in [0.15, 0.2) is 0 Å². The van der Waals surface area contributed by atoms with E-state index in [1.807, 2.05) is 55.5 Å². The highest BCUT2D eigenvalue weighted by Gasteiger charge is 2.19. The lowest BCUT2D eigenvalue weighted by atomic mass is 10.0. The summed E-state index contributed by atoms with van der Waals surface area (Å²) in [5.74, 6) is 1.10. The number of methoxy groups -OCH3 is 1. The van der Waals surface area contributed by atoms with Crippen molar-refractivity contribution in [2.45, 2.75) is 37.1 Å². The van der Waals surface area contributed by atoms with Gasteiger partial charge >= 0.3 is 0 Å². The number of tetrazole rings is 1. The molecule has 3 aromatic rings. The third kappa shape index (κ3) is 4.69.